The van der Waals surface area contributed by atoms with Gasteiger partial charge in [0.05, 0.1) is 29.0 Å². The average Bonchev–Trinajstić information content (AvgIpc) is 3.35. The van der Waals surface area contributed by atoms with Crippen LogP contribution >= 0.6 is 11.8 Å². The first-order chi connectivity index (χ1) is 16.1. The van der Waals surface area contributed by atoms with Gasteiger partial charge in [-0.3, -0.25) is 14.2 Å². The van der Waals surface area contributed by atoms with Gasteiger partial charge in [-0.15, -0.1) is 0 Å². The molecule has 0 fully saturated rings. The van der Waals surface area contributed by atoms with Crippen LogP contribution in [0.3, 0.4) is 0 Å². The largest absolute Gasteiger partial charge is 0.486 e. The maximum absolute atomic E-state index is 13.2. The summed E-state index contributed by atoms with van der Waals surface area (Å²) < 4.78 is 18.1. The number of hydrogen-bond acceptors (Lipinski definition) is 7. The zero-order valence-electron chi connectivity index (χ0n) is 17.8. The quantitative estimate of drug-likeness (QED) is 0.342. The van der Waals surface area contributed by atoms with E-state index in [9.17, 15) is 9.59 Å². The van der Waals surface area contributed by atoms with Gasteiger partial charge in [-0.05, 0) is 43.3 Å². The summed E-state index contributed by atoms with van der Waals surface area (Å²) in [5.41, 5.74) is 1.01. The van der Waals surface area contributed by atoms with E-state index in [0.29, 0.717) is 52.2 Å². The molecule has 1 aliphatic heterocycles. The van der Waals surface area contributed by atoms with Crippen LogP contribution in [0.15, 0.2) is 75.2 Å². The minimum absolute atomic E-state index is 0.182. The molecule has 9 heteroatoms. The zero-order valence-corrected chi connectivity index (χ0v) is 18.6. The van der Waals surface area contributed by atoms with E-state index < -0.39 is 5.25 Å². The van der Waals surface area contributed by atoms with Crippen molar-refractivity contribution in [1.82, 2.24) is 9.55 Å². The topological polar surface area (TPSA) is 95.6 Å². The highest BCUT2D eigenvalue weighted by molar-refractivity contribution is 8.00. The van der Waals surface area contributed by atoms with Gasteiger partial charge in [-0.2, -0.15) is 0 Å². The smallest absolute Gasteiger partial charge is 0.262 e. The van der Waals surface area contributed by atoms with E-state index in [1.54, 1.807) is 66.3 Å². The molecule has 4 aromatic rings. The third kappa shape index (κ3) is 4.45. The van der Waals surface area contributed by atoms with E-state index in [1.807, 2.05) is 6.07 Å². The van der Waals surface area contributed by atoms with E-state index in [4.69, 9.17) is 13.9 Å². The number of hydrogen-bond donors (Lipinski definition) is 1. The first-order valence-electron chi connectivity index (χ1n) is 10.5. The third-order valence-corrected chi connectivity index (χ3v) is 6.27. The molecule has 0 bridgehead atoms. The molecule has 0 saturated carbocycles. The molecule has 5 rings (SSSR count). The Kier molecular flexibility index (Phi) is 5.78. The molecule has 3 heterocycles. The molecule has 2 aromatic carbocycles. The normalized spacial score (nSPS) is 13.6. The zero-order chi connectivity index (χ0) is 22.8. The molecule has 1 amide bonds. The number of carbonyl (C=O) groups is 1. The van der Waals surface area contributed by atoms with Gasteiger partial charge >= 0.3 is 0 Å². The van der Waals surface area contributed by atoms with Crippen molar-refractivity contribution in [3.05, 3.63) is 77.0 Å². The van der Waals surface area contributed by atoms with Crippen molar-refractivity contribution in [2.24, 2.45) is 0 Å². The standard InChI is InChI=1S/C24H21N3O5S/c1-15(22(28)25-16-8-9-20-21(13-16)32-12-11-31-20)33-24-26-19-7-3-2-6-18(19)23(29)27(24)14-17-5-4-10-30-17/h2-10,13,15H,11-12,14H2,1H3,(H,25,28). The van der Waals surface area contributed by atoms with Crippen molar-refractivity contribution in [2.75, 3.05) is 18.5 Å². The van der Waals surface area contributed by atoms with Crippen molar-refractivity contribution in [3.63, 3.8) is 0 Å². The number of para-hydroxylation sites is 1. The Morgan fingerprint density at radius 2 is 1.94 bits per heavy atom. The van der Waals surface area contributed by atoms with Crippen LogP contribution in [0.1, 0.15) is 12.7 Å². The molecular formula is C24H21N3O5S. The molecule has 33 heavy (non-hydrogen) atoms. The molecule has 0 spiro atoms. The predicted octanol–water partition coefficient (Wildman–Crippen LogP) is 3.93. The van der Waals surface area contributed by atoms with Crippen LogP contribution in [0.5, 0.6) is 11.5 Å². The van der Waals surface area contributed by atoms with Crippen LogP contribution in [0.4, 0.5) is 5.69 Å². The molecular weight excluding hydrogens is 442 g/mol. The highest BCUT2D eigenvalue weighted by Gasteiger charge is 2.21. The van der Waals surface area contributed by atoms with Gasteiger partial charge in [-0.1, -0.05) is 23.9 Å². The van der Waals surface area contributed by atoms with Gasteiger partial charge in [0.2, 0.25) is 5.91 Å². The van der Waals surface area contributed by atoms with Gasteiger partial charge in [0.25, 0.3) is 5.56 Å². The Morgan fingerprint density at radius 1 is 1.12 bits per heavy atom. The number of amides is 1. The fourth-order valence-corrected chi connectivity index (χ4v) is 4.42. The molecule has 0 radical (unpaired) electrons. The summed E-state index contributed by atoms with van der Waals surface area (Å²) >= 11 is 1.22. The predicted molar refractivity (Wildman–Crippen MR) is 125 cm³/mol. The maximum Gasteiger partial charge on any atom is 0.262 e. The van der Waals surface area contributed by atoms with Crippen LogP contribution < -0.4 is 20.3 Å². The number of nitrogens with one attached hydrogen (secondary N) is 1. The first kappa shape index (κ1) is 21.1. The Hall–Kier alpha value is -3.72. The Bertz CT molecular complexity index is 1370. The summed E-state index contributed by atoms with van der Waals surface area (Å²) in [4.78, 5) is 30.8. The average molecular weight is 464 g/mol. The second-order valence-electron chi connectivity index (χ2n) is 7.49. The van der Waals surface area contributed by atoms with E-state index in [2.05, 4.69) is 10.3 Å². The van der Waals surface area contributed by atoms with E-state index >= 15 is 0 Å². The second kappa shape index (κ2) is 9.03. The number of furan rings is 1. The number of nitrogens with zero attached hydrogens (tertiary/aromatic N) is 2. The number of aromatic nitrogens is 2. The van der Waals surface area contributed by atoms with Crippen LogP contribution in [-0.4, -0.2) is 33.9 Å². The monoisotopic (exact) mass is 463 g/mol. The lowest BCUT2D eigenvalue weighted by Crippen LogP contribution is -2.27. The van der Waals surface area contributed by atoms with Crippen LogP contribution in [0.25, 0.3) is 10.9 Å². The van der Waals surface area contributed by atoms with Gasteiger partial charge in [-0.25, -0.2) is 4.98 Å². The molecule has 1 unspecified atom stereocenters. The van der Waals surface area contributed by atoms with Gasteiger partial charge in [0.1, 0.15) is 19.0 Å². The second-order valence-corrected chi connectivity index (χ2v) is 8.80. The number of thioether (sulfide) groups is 1. The lowest BCUT2D eigenvalue weighted by Gasteiger charge is -2.19. The van der Waals surface area contributed by atoms with Crippen molar-refractivity contribution >= 4 is 34.3 Å². The van der Waals surface area contributed by atoms with Gasteiger partial charge in [0.15, 0.2) is 16.7 Å². The molecule has 1 N–H and O–H groups in total. The van der Waals surface area contributed by atoms with E-state index in [1.165, 1.54) is 11.8 Å². The summed E-state index contributed by atoms with van der Waals surface area (Å²) in [6.07, 6.45) is 1.56. The van der Waals surface area contributed by atoms with Crippen LogP contribution in [-0.2, 0) is 11.3 Å². The molecule has 1 atom stereocenters. The molecule has 0 aliphatic carbocycles. The number of rotatable bonds is 6. The van der Waals surface area contributed by atoms with Crippen molar-refractivity contribution in [1.29, 1.82) is 0 Å². The Labute approximate surface area is 193 Å². The van der Waals surface area contributed by atoms with Crippen molar-refractivity contribution in [2.45, 2.75) is 23.9 Å². The summed E-state index contributed by atoms with van der Waals surface area (Å²) in [6.45, 7) is 2.97. The lowest BCUT2D eigenvalue weighted by atomic mass is 10.2. The van der Waals surface area contributed by atoms with Gasteiger partial charge < -0.3 is 19.2 Å². The Morgan fingerprint density at radius 3 is 2.76 bits per heavy atom. The highest BCUT2D eigenvalue weighted by Crippen LogP contribution is 2.33. The summed E-state index contributed by atoms with van der Waals surface area (Å²) in [5.74, 6) is 1.67. The van der Waals surface area contributed by atoms with Crippen LogP contribution in [0, 0.1) is 0 Å². The number of fused-ring (bicyclic) bond motifs is 2. The van der Waals surface area contributed by atoms with E-state index in [0.717, 1.165) is 0 Å². The minimum atomic E-state index is -0.519. The van der Waals surface area contributed by atoms with Crippen LogP contribution in [0.2, 0.25) is 0 Å². The molecule has 1 aliphatic rings. The number of carbonyl (C=O) groups excluding carboxylic acids is 1. The molecule has 168 valence electrons. The van der Waals surface area contributed by atoms with E-state index in [-0.39, 0.29) is 18.0 Å². The summed E-state index contributed by atoms with van der Waals surface area (Å²) in [5, 5.41) is 3.34. The van der Waals surface area contributed by atoms with Crippen molar-refractivity contribution in [3.8, 4) is 11.5 Å². The first-order valence-corrected chi connectivity index (χ1v) is 11.4. The highest BCUT2D eigenvalue weighted by atomic mass is 32.2. The number of anilines is 1. The number of benzene rings is 2. The SMILES string of the molecule is CC(Sc1nc2ccccc2c(=O)n1Cc1ccco1)C(=O)Nc1ccc2c(c1)OCCO2. The fraction of sp³-hybridized carbons (Fsp3) is 0.208. The number of ether oxygens (including phenoxy) is 2. The molecule has 8 nitrogen and oxygen atoms in total. The lowest BCUT2D eigenvalue weighted by molar-refractivity contribution is -0.115. The molecule has 2 aromatic heterocycles. The maximum atomic E-state index is 13.2. The summed E-state index contributed by atoms with van der Waals surface area (Å²) in [6, 6.07) is 16.0. The summed E-state index contributed by atoms with van der Waals surface area (Å²) in [7, 11) is 0. The van der Waals surface area contributed by atoms with Crippen molar-refractivity contribution < 1.29 is 18.7 Å². The third-order valence-electron chi connectivity index (χ3n) is 5.18. The minimum Gasteiger partial charge on any atom is -0.486 e. The Balaban J connectivity index is 1.40. The van der Waals surface area contributed by atoms with Gasteiger partial charge in [0, 0.05) is 11.8 Å². The fourth-order valence-electron chi connectivity index (χ4n) is 3.51. The molecule has 0 saturated heterocycles.